The van der Waals surface area contributed by atoms with Crippen LogP contribution < -0.4 is 5.32 Å². The van der Waals surface area contributed by atoms with Crippen LogP contribution in [0.3, 0.4) is 0 Å². The van der Waals surface area contributed by atoms with E-state index in [0.717, 1.165) is 30.6 Å². The average molecular weight is 346 g/mol. The van der Waals surface area contributed by atoms with Gasteiger partial charge in [0.1, 0.15) is 5.82 Å². The molecule has 2 rings (SSSR count). The van der Waals surface area contributed by atoms with E-state index in [1.54, 1.807) is 6.20 Å². The molecule has 1 N–H and O–H groups in total. The van der Waals surface area contributed by atoms with Gasteiger partial charge in [-0.1, -0.05) is 0 Å². The van der Waals surface area contributed by atoms with Crippen LogP contribution in [0, 0.1) is 6.92 Å². The van der Waals surface area contributed by atoms with Crippen molar-refractivity contribution in [2.24, 2.45) is 4.99 Å². The van der Waals surface area contributed by atoms with Crippen LogP contribution in [-0.4, -0.2) is 62.8 Å². The summed E-state index contributed by atoms with van der Waals surface area (Å²) in [6, 6.07) is 2.06. The summed E-state index contributed by atoms with van der Waals surface area (Å²) >= 11 is 0. The van der Waals surface area contributed by atoms with Gasteiger partial charge in [0.2, 0.25) is 5.91 Å². The Labute approximate surface area is 150 Å². The first kappa shape index (κ1) is 19.1. The maximum Gasteiger partial charge on any atom is 0.242 e. The molecular weight excluding hydrogens is 316 g/mol. The lowest BCUT2D eigenvalue weighted by molar-refractivity contribution is -0.145. The Morgan fingerprint density at radius 3 is 2.72 bits per heavy atom. The molecular formula is C18H30N6O. The number of aryl methyl sites for hydroxylation is 1. The van der Waals surface area contributed by atoms with E-state index in [2.05, 4.69) is 48.0 Å². The highest BCUT2D eigenvalue weighted by molar-refractivity contribution is 5.88. The maximum atomic E-state index is 12.7. The highest BCUT2D eigenvalue weighted by Crippen LogP contribution is 2.24. The van der Waals surface area contributed by atoms with Gasteiger partial charge in [-0.05, 0) is 47.6 Å². The molecule has 7 nitrogen and oxygen atoms in total. The van der Waals surface area contributed by atoms with Crippen molar-refractivity contribution in [2.45, 2.75) is 59.7 Å². The fourth-order valence-corrected chi connectivity index (χ4v) is 3.49. The lowest BCUT2D eigenvalue weighted by Gasteiger charge is -2.49. The zero-order valence-corrected chi connectivity index (χ0v) is 16.2. The third-order valence-corrected chi connectivity index (χ3v) is 4.20. The Morgan fingerprint density at radius 2 is 2.16 bits per heavy atom. The van der Waals surface area contributed by atoms with Crippen LogP contribution in [-0.2, 0) is 11.3 Å². The van der Waals surface area contributed by atoms with E-state index in [0.29, 0.717) is 13.1 Å². The number of piperazine rings is 1. The normalized spacial score (nSPS) is 18.0. The van der Waals surface area contributed by atoms with Gasteiger partial charge >= 0.3 is 0 Å². The number of nitrogens with one attached hydrogen (secondary N) is 1. The molecule has 0 saturated carbocycles. The van der Waals surface area contributed by atoms with Crippen molar-refractivity contribution in [1.82, 2.24) is 25.1 Å². The van der Waals surface area contributed by atoms with Crippen LogP contribution >= 0.6 is 0 Å². The largest absolute Gasteiger partial charge is 0.356 e. The average Bonchev–Trinajstić information content (AvgIpc) is 2.49. The van der Waals surface area contributed by atoms with E-state index in [-0.39, 0.29) is 17.5 Å². The lowest BCUT2D eigenvalue weighted by Crippen LogP contribution is -2.66. The molecule has 1 aliphatic rings. The van der Waals surface area contributed by atoms with E-state index in [4.69, 9.17) is 0 Å². The summed E-state index contributed by atoms with van der Waals surface area (Å²) in [6.07, 6.45) is 1.74. The zero-order chi connectivity index (χ0) is 18.6. The minimum absolute atomic E-state index is 0.134. The number of rotatable bonds is 4. The number of aromatic nitrogens is 2. The minimum Gasteiger partial charge on any atom is -0.356 e. The molecule has 0 aromatic carbocycles. The monoisotopic (exact) mass is 346 g/mol. The molecule has 1 aromatic heterocycles. The smallest absolute Gasteiger partial charge is 0.242 e. The van der Waals surface area contributed by atoms with Crippen LogP contribution in [0.4, 0.5) is 0 Å². The number of hydrogen-bond acceptors (Lipinski definition) is 4. The standard InChI is InChI=1S/C18H30N6O/c1-7-19-17(21-10-15-8-9-20-14(4)22-15)23-11-16(25)24(13(2)3)18(5,6)12-23/h8-9,13H,7,10-12H2,1-6H3,(H,19,21). The van der Waals surface area contributed by atoms with Crippen molar-refractivity contribution < 1.29 is 4.79 Å². The number of aliphatic imine (C=N–C) groups is 1. The molecule has 7 heteroatoms. The second-order valence-corrected chi connectivity index (χ2v) is 7.29. The molecule has 1 aromatic rings. The summed E-state index contributed by atoms with van der Waals surface area (Å²) in [5.74, 6) is 1.62. The van der Waals surface area contributed by atoms with Crippen LogP contribution in [0.25, 0.3) is 0 Å². The summed E-state index contributed by atoms with van der Waals surface area (Å²) in [4.78, 5) is 29.9. The molecule has 25 heavy (non-hydrogen) atoms. The van der Waals surface area contributed by atoms with Crippen molar-refractivity contribution in [2.75, 3.05) is 19.6 Å². The molecule has 1 aliphatic heterocycles. The molecule has 2 heterocycles. The first-order chi connectivity index (χ1) is 11.7. The van der Waals surface area contributed by atoms with E-state index >= 15 is 0 Å². The van der Waals surface area contributed by atoms with Crippen molar-refractivity contribution in [1.29, 1.82) is 0 Å². The van der Waals surface area contributed by atoms with Gasteiger partial charge < -0.3 is 15.1 Å². The lowest BCUT2D eigenvalue weighted by atomic mass is 9.96. The molecule has 1 saturated heterocycles. The third kappa shape index (κ3) is 4.67. The van der Waals surface area contributed by atoms with Gasteiger partial charge in [0.15, 0.2) is 5.96 Å². The Bertz CT molecular complexity index is 640. The first-order valence-corrected chi connectivity index (χ1v) is 8.88. The predicted octanol–water partition coefficient (Wildman–Crippen LogP) is 1.58. The van der Waals surface area contributed by atoms with E-state index in [9.17, 15) is 4.79 Å². The Balaban J connectivity index is 2.19. The molecule has 0 spiro atoms. The molecule has 0 unspecified atom stereocenters. The highest BCUT2D eigenvalue weighted by Gasteiger charge is 2.40. The molecule has 0 aliphatic carbocycles. The predicted molar refractivity (Wildman–Crippen MR) is 99.2 cm³/mol. The molecule has 138 valence electrons. The molecule has 1 amide bonds. The van der Waals surface area contributed by atoms with Gasteiger partial charge in [-0.25, -0.2) is 15.0 Å². The number of carbonyl (C=O) groups excluding carboxylic acids is 1. The topological polar surface area (TPSA) is 73.7 Å². The van der Waals surface area contributed by atoms with Crippen LogP contribution in [0.5, 0.6) is 0 Å². The van der Waals surface area contributed by atoms with Gasteiger partial charge in [0.05, 0.1) is 24.3 Å². The fraction of sp³-hybridized carbons (Fsp3) is 0.667. The molecule has 0 bridgehead atoms. The third-order valence-electron chi connectivity index (χ3n) is 4.20. The van der Waals surface area contributed by atoms with Crippen LogP contribution in [0.2, 0.25) is 0 Å². The molecule has 0 atom stereocenters. The quantitative estimate of drug-likeness (QED) is 0.662. The summed E-state index contributed by atoms with van der Waals surface area (Å²) < 4.78 is 0. The zero-order valence-electron chi connectivity index (χ0n) is 16.2. The van der Waals surface area contributed by atoms with Gasteiger partial charge in [-0.15, -0.1) is 0 Å². The van der Waals surface area contributed by atoms with Crippen molar-refractivity contribution in [3.63, 3.8) is 0 Å². The van der Waals surface area contributed by atoms with Gasteiger partial charge in [-0.2, -0.15) is 0 Å². The fourth-order valence-electron chi connectivity index (χ4n) is 3.49. The second kappa shape index (κ2) is 7.80. The van der Waals surface area contributed by atoms with E-state index < -0.39 is 0 Å². The van der Waals surface area contributed by atoms with Gasteiger partial charge in [0.25, 0.3) is 0 Å². The van der Waals surface area contributed by atoms with Crippen molar-refractivity contribution >= 4 is 11.9 Å². The highest BCUT2D eigenvalue weighted by atomic mass is 16.2. The van der Waals surface area contributed by atoms with E-state index in [1.165, 1.54) is 0 Å². The Morgan fingerprint density at radius 1 is 1.44 bits per heavy atom. The van der Waals surface area contributed by atoms with Gasteiger partial charge in [0, 0.05) is 25.3 Å². The summed E-state index contributed by atoms with van der Waals surface area (Å²) in [6.45, 7) is 14.5. The van der Waals surface area contributed by atoms with Gasteiger partial charge in [-0.3, -0.25) is 4.79 Å². The van der Waals surface area contributed by atoms with Crippen molar-refractivity contribution in [3.8, 4) is 0 Å². The SMILES string of the molecule is CCNC(=NCc1ccnc(C)n1)N1CC(=O)N(C(C)C)C(C)(C)C1. The first-order valence-electron chi connectivity index (χ1n) is 8.88. The van der Waals surface area contributed by atoms with Crippen molar-refractivity contribution in [3.05, 3.63) is 23.8 Å². The summed E-state index contributed by atoms with van der Waals surface area (Å²) in [5, 5.41) is 3.30. The number of hydrogen-bond donors (Lipinski definition) is 1. The number of guanidine groups is 1. The number of amides is 1. The summed E-state index contributed by atoms with van der Waals surface area (Å²) in [7, 11) is 0. The number of nitrogens with zero attached hydrogens (tertiary/aromatic N) is 5. The van der Waals surface area contributed by atoms with Crippen LogP contribution in [0.15, 0.2) is 17.3 Å². The Kier molecular flexibility index (Phi) is 5.98. The molecule has 1 fully saturated rings. The maximum absolute atomic E-state index is 12.7. The molecule has 0 radical (unpaired) electrons. The second-order valence-electron chi connectivity index (χ2n) is 7.29. The minimum atomic E-state index is -0.245. The Hall–Kier alpha value is -2.18. The van der Waals surface area contributed by atoms with Crippen LogP contribution in [0.1, 0.15) is 46.1 Å². The van der Waals surface area contributed by atoms with E-state index in [1.807, 2.05) is 29.7 Å². The number of carbonyl (C=O) groups is 1. The summed E-state index contributed by atoms with van der Waals surface area (Å²) in [5.41, 5.74) is 0.625.